The van der Waals surface area contributed by atoms with Crippen LogP contribution in [0.1, 0.15) is 19.8 Å². The van der Waals surface area contributed by atoms with E-state index in [1.165, 1.54) is 6.42 Å². The Morgan fingerprint density at radius 1 is 1.60 bits per heavy atom. The molecule has 0 aliphatic rings. The summed E-state index contributed by atoms with van der Waals surface area (Å²) in [5.74, 6) is 5.77. The van der Waals surface area contributed by atoms with Gasteiger partial charge in [0, 0.05) is 13.6 Å². The number of hydrogen-bond donors (Lipinski definition) is 3. The number of hydrazine groups is 1. The van der Waals surface area contributed by atoms with Gasteiger partial charge in [-0.15, -0.1) is 0 Å². The molecule has 0 bridgehead atoms. The maximum absolute atomic E-state index is 5.12. The van der Waals surface area contributed by atoms with E-state index >= 15 is 0 Å². The van der Waals surface area contributed by atoms with Crippen molar-refractivity contribution in [2.24, 2.45) is 10.8 Å². The molecule has 0 unspecified atom stereocenters. The van der Waals surface area contributed by atoms with E-state index in [0.717, 1.165) is 13.0 Å². The highest BCUT2D eigenvalue weighted by atomic mass is 15.3. The molecule has 0 aliphatic carbocycles. The van der Waals surface area contributed by atoms with Crippen LogP contribution in [-0.4, -0.2) is 19.6 Å². The summed E-state index contributed by atoms with van der Waals surface area (Å²) in [5.41, 5.74) is 2.45. The first-order chi connectivity index (χ1) is 4.85. The number of aliphatic imine (C=N–C) groups is 1. The summed E-state index contributed by atoms with van der Waals surface area (Å²) in [7, 11) is 1.69. The molecule has 0 aromatic carbocycles. The molecule has 60 valence electrons. The molecule has 0 amide bonds. The van der Waals surface area contributed by atoms with Gasteiger partial charge in [0.05, 0.1) is 0 Å². The minimum Gasteiger partial charge on any atom is -0.355 e. The number of rotatable bonds is 3. The number of nitrogens with zero attached hydrogens (tertiary/aromatic N) is 1. The Hall–Kier alpha value is -0.770. The minimum absolute atomic E-state index is 0.647. The third-order valence-electron chi connectivity index (χ3n) is 1.18. The van der Waals surface area contributed by atoms with Gasteiger partial charge in [0.15, 0.2) is 0 Å². The van der Waals surface area contributed by atoms with Crippen molar-refractivity contribution >= 4 is 5.96 Å². The van der Waals surface area contributed by atoms with Crippen LogP contribution in [0.2, 0.25) is 0 Å². The molecular formula is C6H16N4. The molecule has 0 saturated heterocycles. The fourth-order valence-corrected chi connectivity index (χ4v) is 0.578. The molecule has 0 radical (unpaired) electrons. The van der Waals surface area contributed by atoms with Crippen LogP contribution < -0.4 is 16.6 Å². The van der Waals surface area contributed by atoms with Gasteiger partial charge in [-0.3, -0.25) is 10.4 Å². The van der Waals surface area contributed by atoms with E-state index < -0.39 is 0 Å². The largest absolute Gasteiger partial charge is 0.355 e. The molecule has 0 fully saturated rings. The van der Waals surface area contributed by atoms with Crippen LogP contribution in [0.5, 0.6) is 0 Å². The first kappa shape index (κ1) is 9.23. The number of unbranched alkanes of at least 4 members (excludes halogenated alkanes) is 1. The van der Waals surface area contributed by atoms with Gasteiger partial charge in [-0.25, -0.2) is 5.84 Å². The third kappa shape index (κ3) is 4.14. The van der Waals surface area contributed by atoms with Crippen molar-refractivity contribution < 1.29 is 0 Å². The lowest BCUT2D eigenvalue weighted by atomic mass is 10.3. The van der Waals surface area contributed by atoms with E-state index in [-0.39, 0.29) is 0 Å². The third-order valence-corrected chi connectivity index (χ3v) is 1.18. The minimum atomic E-state index is 0.647. The zero-order chi connectivity index (χ0) is 7.82. The van der Waals surface area contributed by atoms with Crippen LogP contribution in [0.15, 0.2) is 4.99 Å². The highest BCUT2D eigenvalue weighted by Gasteiger charge is 1.89. The quantitative estimate of drug-likeness (QED) is 0.169. The average molecular weight is 144 g/mol. The van der Waals surface area contributed by atoms with Gasteiger partial charge < -0.3 is 5.32 Å². The lowest BCUT2D eigenvalue weighted by molar-refractivity contribution is 0.735. The zero-order valence-corrected chi connectivity index (χ0v) is 6.65. The van der Waals surface area contributed by atoms with Gasteiger partial charge >= 0.3 is 0 Å². The molecule has 0 saturated carbocycles. The average Bonchev–Trinajstić information content (AvgIpc) is 1.99. The Labute approximate surface area is 61.9 Å². The Bertz CT molecular complexity index is 99.9. The van der Waals surface area contributed by atoms with Gasteiger partial charge in [-0.05, 0) is 6.42 Å². The Kier molecular flexibility index (Phi) is 5.86. The van der Waals surface area contributed by atoms with E-state index in [1.807, 2.05) is 0 Å². The predicted molar refractivity (Wildman–Crippen MR) is 43.6 cm³/mol. The summed E-state index contributed by atoms with van der Waals surface area (Å²) in [5, 5.41) is 3.03. The maximum atomic E-state index is 5.12. The van der Waals surface area contributed by atoms with Gasteiger partial charge in [-0.2, -0.15) is 0 Å². The molecular weight excluding hydrogens is 128 g/mol. The van der Waals surface area contributed by atoms with Crippen molar-refractivity contribution in [1.82, 2.24) is 10.7 Å². The van der Waals surface area contributed by atoms with Gasteiger partial charge in [0.25, 0.3) is 0 Å². The number of guanidine groups is 1. The van der Waals surface area contributed by atoms with Gasteiger partial charge in [0.1, 0.15) is 0 Å². The first-order valence-corrected chi connectivity index (χ1v) is 3.52. The maximum Gasteiger partial charge on any atom is 0.205 e. The van der Waals surface area contributed by atoms with Crippen molar-refractivity contribution in [3.63, 3.8) is 0 Å². The summed E-state index contributed by atoms with van der Waals surface area (Å²) in [6, 6.07) is 0. The fraction of sp³-hybridized carbons (Fsp3) is 0.833. The summed E-state index contributed by atoms with van der Waals surface area (Å²) in [4.78, 5) is 3.85. The summed E-state index contributed by atoms with van der Waals surface area (Å²) in [6.07, 6.45) is 2.31. The second kappa shape index (κ2) is 6.35. The van der Waals surface area contributed by atoms with Crippen molar-refractivity contribution in [3.8, 4) is 0 Å². The fourth-order valence-electron chi connectivity index (χ4n) is 0.578. The number of nitrogens with two attached hydrogens (primary N) is 1. The Morgan fingerprint density at radius 3 is 2.70 bits per heavy atom. The van der Waals surface area contributed by atoms with Crippen molar-refractivity contribution in [3.05, 3.63) is 0 Å². The monoisotopic (exact) mass is 144 g/mol. The summed E-state index contributed by atoms with van der Waals surface area (Å²) in [6.45, 7) is 3.06. The molecule has 4 N–H and O–H groups in total. The first-order valence-electron chi connectivity index (χ1n) is 3.52. The second-order valence-corrected chi connectivity index (χ2v) is 2.00. The van der Waals surface area contributed by atoms with Crippen LogP contribution in [0.3, 0.4) is 0 Å². The van der Waals surface area contributed by atoms with Crippen LogP contribution in [0.25, 0.3) is 0 Å². The van der Waals surface area contributed by atoms with Crippen molar-refractivity contribution in [1.29, 1.82) is 0 Å². The molecule has 0 heterocycles. The van der Waals surface area contributed by atoms with Crippen molar-refractivity contribution in [2.45, 2.75) is 19.8 Å². The molecule has 0 spiro atoms. The highest BCUT2D eigenvalue weighted by molar-refractivity contribution is 5.78. The molecule has 10 heavy (non-hydrogen) atoms. The number of nitrogens with one attached hydrogen (secondary N) is 2. The van der Waals surface area contributed by atoms with E-state index in [9.17, 15) is 0 Å². The van der Waals surface area contributed by atoms with Crippen LogP contribution in [0, 0.1) is 0 Å². The van der Waals surface area contributed by atoms with E-state index in [0.29, 0.717) is 5.96 Å². The lowest BCUT2D eigenvalue weighted by Gasteiger charge is -2.05. The van der Waals surface area contributed by atoms with Crippen LogP contribution in [0.4, 0.5) is 0 Å². The van der Waals surface area contributed by atoms with Gasteiger partial charge in [0.2, 0.25) is 5.96 Å². The summed E-state index contributed by atoms with van der Waals surface area (Å²) >= 11 is 0. The highest BCUT2D eigenvalue weighted by Crippen LogP contribution is 1.81. The molecule has 4 heteroatoms. The van der Waals surface area contributed by atoms with Crippen LogP contribution in [-0.2, 0) is 0 Å². The smallest absolute Gasteiger partial charge is 0.205 e. The zero-order valence-electron chi connectivity index (χ0n) is 6.65. The SMILES string of the molecule is CCCCNC(=NC)NN. The normalized spacial score (nSPS) is 11.3. The molecule has 4 nitrogen and oxygen atoms in total. The lowest BCUT2D eigenvalue weighted by Crippen LogP contribution is -2.41. The molecule has 0 atom stereocenters. The summed E-state index contributed by atoms with van der Waals surface area (Å²) < 4.78 is 0. The Morgan fingerprint density at radius 2 is 2.30 bits per heavy atom. The molecule has 0 aromatic heterocycles. The van der Waals surface area contributed by atoms with E-state index in [1.54, 1.807) is 7.05 Å². The van der Waals surface area contributed by atoms with Crippen LogP contribution >= 0.6 is 0 Å². The van der Waals surface area contributed by atoms with Crippen molar-refractivity contribution in [2.75, 3.05) is 13.6 Å². The molecule has 0 aliphatic heterocycles. The molecule has 0 rings (SSSR count). The van der Waals surface area contributed by atoms with Gasteiger partial charge in [-0.1, -0.05) is 13.3 Å². The molecule has 0 aromatic rings. The van der Waals surface area contributed by atoms with E-state index in [4.69, 9.17) is 5.84 Å². The topological polar surface area (TPSA) is 62.4 Å². The predicted octanol–water partition coefficient (Wildman–Crippen LogP) is -0.175. The number of hydrogen-bond acceptors (Lipinski definition) is 2. The standard InChI is InChI=1S/C6H16N4/c1-3-4-5-9-6(8-2)10-7/h3-5,7H2,1-2H3,(H2,8,9,10). The second-order valence-electron chi connectivity index (χ2n) is 2.00. The van der Waals surface area contributed by atoms with E-state index in [2.05, 4.69) is 22.7 Å². The Balaban J connectivity index is 3.27.